The van der Waals surface area contributed by atoms with Crippen molar-refractivity contribution in [2.75, 3.05) is 26.8 Å². The molecule has 1 saturated heterocycles. The van der Waals surface area contributed by atoms with Gasteiger partial charge in [-0.15, -0.1) is 0 Å². The van der Waals surface area contributed by atoms with Crippen molar-refractivity contribution in [1.82, 2.24) is 10.2 Å². The van der Waals surface area contributed by atoms with Crippen molar-refractivity contribution >= 4 is 35.1 Å². The highest BCUT2D eigenvalue weighted by atomic mass is 35.5. The van der Waals surface area contributed by atoms with Crippen LogP contribution in [0.5, 0.6) is 5.75 Å². The fourth-order valence-electron chi connectivity index (χ4n) is 3.49. The summed E-state index contributed by atoms with van der Waals surface area (Å²) in [5.74, 6) is 0.151. The predicted molar refractivity (Wildman–Crippen MR) is 121 cm³/mol. The molecule has 2 aromatic carbocycles. The Kier molecular flexibility index (Phi) is 8.58. The summed E-state index contributed by atoms with van der Waals surface area (Å²) in [7, 11) is 1.36. The maximum absolute atomic E-state index is 12.2. The lowest BCUT2D eigenvalue weighted by molar-refractivity contribution is -0.139. The van der Waals surface area contributed by atoms with Crippen LogP contribution in [-0.4, -0.2) is 49.6 Å². The van der Waals surface area contributed by atoms with Crippen molar-refractivity contribution in [3.05, 3.63) is 63.6 Å². The number of likely N-dealkylation sites (tertiary alicyclic amines) is 1. The molecular formula is C23H26Cl2N2O4. The number of hydrogen-bond donors (Lipinski definition) is 1. The first-order chi connectivity index (χ1) is 14.9. The molecule has 0 bridgehead atoms. The number of nitrogens with zero attached hydrogens (tertiary/aromatic N) is 1. The lowest BCUT2D eigenvalue weighted by atomic mass is 10.0. The molecular weight excluding hydrogens is 439 g/mol. The summed E-state index contributed by atoms with van der Waals surface area (Å²) in [4.78, 5) is 25.9. The van der Waals surface area contributed by atoms with Crippen molar-refractivity contribution in [2.24, 2.45) is 0 Å². The van der Waals surface area contributed by atoms with Crippen LogP contribution in [0.25, 0.3) is 0 Å². The number of piperidine rings is 1. The Balaban J connectivity index is 1.37. The SMILES string of the molecule is COC(=O)Cc1ccc(OCC(=O)NC2CCN(Cc3ccc(Cl)c(Cl)c3)CC2)cc1. The second-order valence-electron chi connectivity index (χ2n) is 7.55. The molecule has 2 aromatic rings. The van der Waals surface area contributed by atoms with Gasteiger partial charge in [-0.1, -0.05) is 41.4 Å². The number of carbonyl (C=O) groups is 2. The fourth-order valence-corrected chi connectivity index (χ4v) is 3.81. The Morgan fingerprint density at radius 2 is 1.71 bits per heavy atom. The van der Waals surface area contributed by atoms with Gasteiger partial charge in [0.05, 0.1) is 23.6 Å². The normalized spacial score (nSPS) is 14.8. The van der Waals surface area contributed by atoms with Crippen LogP contribution < -0.4 is 10.1 Å². The molecule has 1 N–H and O–H groups in total. The smallest absolute Gasteiger partial charge is 0.309 e. The summed E-state index contributed by atoms with van der Waals surface area (Å²) in [6.07, 6.45) is 1.98. The number of benzene rings is 2. The van der Waals surface area contributed by atoms with Gasteiger partial charge in [0.25, 0.3) is 5.91 Å². The highest BCUT2D eigenvalue weighted by Gasteiger charge is 2.21. The molecule has 0 saturated carbocycles. The minimum absolute atomic E-state index is 0.0418. The van der Waals surface area contributed by atoms with Crippen LogP contribution >= 0.6 is 23.2 Å². The zero-order valence-corrected chi connectivity index (χ0v) is 18.9. The largest absolute Gasteiger partial charge is 0.484 e. The van der Waals surface area contributed by atoms with Gasteiger partial charge in [-0.25, -0.2) is 0 Å². The molecule has 0 aliphatic carbocycles. The van der Waals surface area contributed by atoms with Crippen LogP contribution in [0.4, 0.5) is 0 Å². The van der Waals surface area contributed by atoms with Crippen molar-refractivity contribution in [2.45, 2.75) is 31.8 Å². The lowest BCUT2D eigenvalue weighted by Crippen LogP contribution is -2.45. The molecule has 1 aliphatic rings. The molecule has 1 heterocycles. The molecule has 0 atom stereocenters. The van der Waals surface area contributed by atoms with E-state index in [4.69, 9.17) is 27.9 Å². The topological polar surface area (TPSA) is 67.9 Å². The van der Waals surface area contributed by atoms with Gasteiger partial charge in [0.15, 0.2) is 6.61 Å². The second kappa shape index (κ2) is 11.4. The number of ether oxygens (including phenoxy) is 2. The maximum Gasteiger partial charge on any atom is 0.309 e. The first-order valence-corrected chi connectivity index (χ1v) is 10.9. The Hall–Kier alpha value is -2.28. The minimum atomic E-state index is -0.295. The highest BCUT2D eigenvalue weighted by Crippen LogP contribution is 2.24. The van der Waals surface area contributed by atoms with Crippen LogP contribution in [0.15, 0.2) is 42.5 Å². The van der Waals surface area contributed by atoms with E-state index in [2.05, 4.69) is 15.0 Å². The quantitative estimate of drug-likeness (QED) is 0.600. The van der Waals surface area contributed by atoms with Crippen molar-refractivity contribution in [3.63, 3.8) is 0 Å². The monoisotopic (exact) mass is 464 g/mol. The standard InChI is InChI=1S/C23H26Cl2N2O4/c1-30-23(29)13-16-2-5-19(6-3-16)31-15-22(28)26-18-8-10-27(11-9-18)14-17-4-7-20(24)21(25)12-17/h2-7,12,18H,8-11,13-15H2,1H3,(H,26,28). The molecule has 1 amide bonds. The van der Waals surface area contributed by atoms with E-state index in [0.29, 0.717) is 15.8 Å². The van der Waals surface area contributed by atoms with E-state index < -0.39 is 0 Å². The summed E-state index contributed by atoms with van der Waals surface area (Å²) in [5.41, 5.74) is 1.96. The summed E-state index contributed by atoms with van der Waals surface area (Å²) in [6, 6.07) is 12.9. The average Bonchev–Trinajstić information content (AvgIpc) is 2.77. The Labute approximate surface area is 192 Å². The second-order valence-corrected chi connectivity index (χ2v) is 8.37. The van der Waals surface area contributed by atoms with Crippen LogP contribution in [0, 0.1) is 0 Å². The number of methoxy groups -OCH3 is 1. The third-order valence-corrected chi connectivity index (χ3v) is 5.95. The van der Waals surface area contributed by atoms with Gasteiger partial charge in [-0.3, -0.25) is 14.5 Å². The predicted octanol–water partition coefficient (Wildman–Crippen LogP) is 3.87. The van der Waals surface area contributed by atoms with Crippen molar-refractivity contribution in [1.29, 1.82) is 0 Å². The maximum atomic E-state index is 12.2. The summed E-state index contributed by atoms with van der Waals surface area (Å²) in [6.45, 7) is 2.56. The van der Waals surface area contributed by atoms with E-state index in [0.717, 1.165) is 43.6 Å². The number of carbonyl (C=O) groups excluding carboxylic acids is 2. The van der Waals surface area contributed by atoms with Crippen LogP contribution in [0.1, 0.15) is 24.0 Å². The number of amides is 1. The van der Waals surface area contributed by atoms with E-state index >= 15 is 0 Å². The summed E-state index contributed by atoms with van der Waals surface area (Å²) < 4.78 is 10.2. The van der Waals surface area contributed by atoms with E-state index in [1.165, 1.54) is 7.11 Å². The van der Waals surface area contributed by atoms with E-state index in [1.54, 1.807) is 24.3 Å². The van der Waals surface area contributed by atoms with Gasteiger partial charge < -0.3 is 14.8 Å². The Bertz CT molecular complexity index is 897. The molecule has 0 unspecified atom stereocenters. The van der Waals surface area contributed by atoms with Crippen LogP contribution in [-0.2, 0) is 27.3 Å². The zero-order chi connectivity index (χ0) is 22.2. The molecule has 6 nitrogen and oxygen atoms in total. The van der Waals surface area contributed by atoms with Crippen molar-refractivity contribution in [3.8, 4) is 5.75 Å². The lowest BCUT2D eigenvalue weighted by Gasteiger charge is -2.32. The number of halogens is 2. The van der Waals surface area contributed by atoms with Gasteiger partial charge in [0.2, 0.25) is 0 Å². The third-order valence-electron chi connectivity index (χ3n) is 5.21. The van der Waals surface area contributed by atoms with Gasteiger partial charge in [0.1, 0.15) is 5.75 Å². The molecule has 0 radical (unpaired) electrons. The minimum Gasteiger partial charge on any atom is -0.484 e. The number of rotatable bonds is 8. The van der Waals surface area contributed by atoms with E-state index in [9.17, 15) is 9.59 Å². The van der Waals surface area contributed by atoms with Crippen LogP contribution in [0.2, 0.25) is 10.0 Å². The molecule has 1 aliphatic heterocycles. The number of esters is 1. The zero-order valence-electron chi connectivity index (χ0n) is 17.4. The van der Waals surface area contributed by atoms with Gasteiger partial charge in [-0.2, -0.15) is 0 Å². The van der Waals surface area contributed by atoms with Gasteiger partial charge in [0, 0.05) is 25.7 Å². The molecule has 8 heteroatoms. The number of nitrogens with one attached hydrogen (secondary N) is 1. The highest BCUT2D eigenvalue weighted by molar-refractivity contribution is 6.42. The summed E-state index contributed by atoms with van der Waals surface area (Å²) >= 11 is 12.1. The van der Waals surface area contributed by atoms with Gasteiger partial charge in [-0.05, 0) is 48.2 Å². The Morgan fingerprint density at radius 3 is 2.35 bits per heavy atom. The van der Waals surface area contributed by atoms with Gasteiger partial charge >= 0.3 is 5.97 Å². The van der Waals surface area contributed by atoms with E-state index in [1.807, 2.05) is 18.2 Å². The average molecular weight is 465 g/mol. The van der Waals surface area contributed by atoms with E-state index in [-0.39, 0.29) is 30.9 Å². The molecule has 1 fully saturated rings. The summed E-state index contributed by atoms with van der Waals surface area (Å²) in [5, 5.41) is 4.18. The first-order valence-electron chi connectivity index (χ1n) is 10.2. The molecule has 0 spiro atoms. The third kappa shape index (κ3) is 7.42. The number of hydrogen-bond acceptors (Lipinski definition) is 5. The molecule has 3 rings (SSSR count). The molecule has 31 heavy (non-hydrogen) atoms. The van der Waals surface area contributed by atoms with Crippen LogP contribution in [0.3, 0.4) is 0 Å². The van der Waals surface area contributed by atoms with Crippen molar-refractivity contribution < 1.29 is 19.1 Å². The Morgan fingerprint density at radius 1 is 1.03 bits per heavy atom. The molecule has 166 valence electrons. The first kappa shape index (κ1) is 23.4. The fraction of sp³-hybridized carbons (Fsp3) is 0.391. The molecule has 0 aromatic heterocycles.